The molecule has 0 spiro atoms. The van der Waals surface area contributed by atoms with Crippen LogP contribution in [0.2, 0.25) is 0 Å². The minimum absolute atomic E-state index is 0.153. The highest BCUT2D eigenvalue weighted by molar-refractivity contribution is 5.89. The molecule has 1 atom stereocenters. The minimum atomic E-state index is -4.58. The van der Waals surface area contributed by atoms with E-state index < -0.39 is 29.7 Å². The van der Waals surface area contributed by atoms with E-state index in [9.17, 15) is 22.8 Å². The van der Waals surface area contributed by atoms with Crippen LogP contribution in [0.3, 0.4) is 0 Å². The molecular formula is C13H15F3N4O2. The maximum atomic E-state index is 12.6. The van der Waals surface area contributed by atoms with Crippen molar-refractivity contribution in [3.8, 4) is 0 Å². The highest BCUT2D eigenvalue weighted by Crippen LogP contribution is 2.28. The van der Waals surface area contributed by atoms with Gasteiger partial charge in [-0.05, 0) is 25.0 Å². The molecule has 2 rings (SSSR count). The van der Waals surface area contributed by atoms with Gasteiger partial charge in [0.25, 0.3) is 0 Å². The average Bonchev–Trinajstić information content (AvgIpc) is 2.46. The first-order chi connectivity index (χ1) is 10.3. The third-order valence-electron chi connectivity index (χ3n) is 3.39. The van der Waals surface area contributed by atoms with Gasteiger partial charge in [-0.15, -0.1) is 0 Å². The van der Waals surface area contributed by atoms with E-state index in [1.807, 2.05) is 0 Å². The normalized spacial score (nSPS) is 18.9. The summed E-state index contributed by atoms with van der Waals surface area (Å²) in [5, 5.41) is 2.31. The van der Waals surface area contributed by atoms with Crippen molar-refractivity contribution >= 4 is 17.8 Å². The number of rotatable bonds is 2. The van der Waals surface area contributed by atoms with Crippen molar-refractivity contribution in [1.29, 1.82) is 0 Å². The lowest BCUT2D eigenvalue weighted by molar-refractivity contribution is -0.141. The van der Waals surface area contributed by atoms with Crippen molar-refractivity contribution in [2.24, 2.45) is 11.7 Å². The number of halogens is 3. The number of hydrogen-bond acceptors (Lipinski definition) is 3. The molecule has 9 heteroatoms. The first kappa shape index (κ1) is 16.1. The van der Waals surface area contributed by atoms with E-state index in [2.05, 4.69) is 10.3 Å². The van der Waals surface area contributed by atoms with E-state index in [0.29, 0.717) is 19.4 Å². The summed E-state index contributed by atoms with van der Waals surface area (Å²) in [6.07, 6.45) is -3.37. The van der Waals surface area contributed by atoms with E-state index in [0.717, 1.165) is 12.1 Å². The molecule has 120 valence electrons. The molecule has 0 bridgehead atoms. The lowest BCUT2D eigenvalue weighted by atomic mass is 9.98. The Bertz CT molecular complexity index is 577. The Balaban J connectivity index is 2.04. The molecule has 1 aliphatic heterocycles. The Kier molecular flexibility index (Phi) is 4.53. The molecule has 1 unspecified atom stereocenters. The topological polar surface area (TPSA) is 88.3 Å². The van der Waals surface area contributed by atoms with Gasteiger partial charge < -0.3 is 10.6 Å². The number of pyridine rings is 1. The largest absolute Gasteiger partial charge is 0.433 e. The molecule has 6 nitrogen and oxygen atoms in total. The molecule has 1 aromatic rings. The maximum absolute atomic E-state index is 12.6. The van der Waals surface area contributed by atoms with Gasteiger partial charge in [-0.3, -0.25) is 10.1 Å². The number of nitrogens with two attached hydrogens (primary N) is 1. The van der Waals surface area contributed by atoms with E-state index in [1.54, 1.807) is 0 Å². The zero-order chi connectivity index (χ0) is 16.3. The van der Waals surface area contributed by atoms with Crippen LogP contribution in [-0.2, 0) is 11.0 Å². The Morgan fingerprint density at radius 1 is 1.36 bits per heavy atom. The number of anilines is 1. The molecule has 3 N–H and O–H groups in total. The zero-order valence-electron chi connectivity index (χ0n) is 11.6. The summed E-state index contributed by atoms with van der Waals surface area (Å²) < 4.78 is 37.7. The molecule has 1 saturated heterocycles. The molecule has 0 aliphatic carbocycles. The number of primary amides is 1. The number of nitrogens with zero attached hydrogens (tertiary/aromatic N) is 2. The summed E-state index contributed by atoms with van der Waals surface area (Å²) in [5.74, 6) is -1.12. The van der Waals surface area contributed by atoms with Gasteiger partial charge in [0, 0.05) is 13.1 Å². The van der Waals surface area contributed by atoms with E-state index >= 15 is 0 Å². The summed E-state index contributed by atoms with van der Waals surface area (Å²) >= 11 is 0. The summed E-state index contributed by atoms with van der Waals surface area (Å²) in [6, 6.07) is 2.65. The third kappa shape index (κ3) is 3.86. The summed E-state index contributed by atoms with van der Waals surface area (Å²) in [7, 11) is 0. The molecular weight excluding hydrogens is 301 g/mol. The fourth-order valence-electron chi connectivity index (χ4n) is 2.24. The van der Waals surface area contributed by atoms with Gasteiger partial charge in [-0.2, -0.15) is 13.2 Å². The Morgan fingerprint density at radius 3 is 2.73 bits per heavy atom. The van der Waals surface area contributed by atoms with Crippen LogP contribution in [0.15, 0.2) is 18.2 Å². The van der Waals surface area contributed by atoms with Crippen molar-refractivity contribution in [1.82, 2.24) is 9.88 Å². The molecule has 0 aromatic carbocycles. The Labute approximate surface area is 124 Å². The van der Waals surface area contributed by atoms with Crippen LogP contribution in [0.1, 0.15) is 18.5 Å². The lowest BCUT2D eigenvalue weighted by Crippen LogP contribution is -2.45. The van der Waals surface area contributed by atoms with Gasteiger partial charge in [0.1, 0.15) is 11.5 Å². The predicted octanol–water partition coefficient (Wildman–Crippen LogP) is 1.83. The van der Waals surface area contributed by atoms with Gasteiger partial charge >= 0.3 is 12.2 Å². The number of alkyl halides is 3. The van der Waals surface area contributed by atoms with Crippen molar-refractivity contribution in [2.45, 2.75) is 19.0 Å². The standard InChI is InChI=1S/C13H15F3N4O2/c14-13(15,16)9-4-1-5-10(18-9)19-12(22)20-6-2-3-8(7-20)11(17)21/h1,4-5,8H,2-3,6-7H2,(H2,17,21)(H,18,19,22). The SMILES string of the molecule is NC(=O)C1CCCN(C(=O)Nc2cccc(C(F)(F)F)n2)C1. The zero-order valence-corrected chi connectivity index (χ0v) is 11.6. The smallest absolute Gasteiger partial charge is 0.369 e. The monoisotopic (exact) mass is 316 g/mol. The highest BCUT2D eigenvalue weighted by Gasteiger charge is 2.33. The molecule has 1 aliphatic rings. The second-order valence-corrected chi connectivity index (χ2v) is 5.02. The van der Waals surface area contributed by atoms with Crippen molar-refractivity contribution < 1.29 is 22.8 Å². The number of nitrogens with one attached hydrogen (secondary N) is 1. The maximum Gasteiger partial charge on any atom is 0.433 e. The molecule has 1 aromatic heterocycles. The van der Waals surface area contributed by atoms with Crippen molar-refractivity contribution in [3.05, 3.63) is 23.9 Å². The number of piperidine rings is 1. The third-order valence-corrected chi connectivity index (χ3v) is 3.39. The van der Waals surface area contributed by atoms with Crippen LogP contribution in [-0.4, -0.2) is 34.9 Å². The minimum Gasteiger partial charge on any atom is -0.369 e. The second kappa shape index (κ2) is 6.20. The Morgan fingerprint density at radius 2 is 2.09 bits per heavy atom. The average molecular weight is 316 g/mol. The number of urea groups is 1. The Hall–Kier alpha value is -2.32. The molecule has 22 heavy (non-hydrogen) atoms. The van der Waals surface area contributed by atoms with E-state index in [-0.39, 0.29) is 12.4 Å². The summed E-state index contributed by atoms with van der Waals surface area (Å²) in [6.45, 7) is 0.564. The van der Waals surface area contributed by atoms with Crippen LogP contribution in [0.5, 0.6) is 0 Å². The van der Waals surface area contributed by atoms with Gasteiger partial charge in [-0.1, -0.05) is 6.07 Å². The number of amides is 3. The fourth-order valence-corrected chi connectivity index (χ4v) is 2.24. The van der Waals surface area contributed by atoms with Gasteiger partial charge in [0.2, 0.25) is 5.91 Å². The number of carbonyl (C=O) groups is 2. The number of aromatic nitrogens is 1. The van der Waals surface area contributed by atoms with Gasteiger partial charge in [0.05, 0.1) is 5.92 Å². The lowest BCUT2D eigenvalue weighted by Gasteiger charge is -2.31. The van der Waals surface area contributed by atoms with Crippen LogP contribution in [0.25, 0.3) is 0 Å². The molecule has 3 amide bonds. The van der Waals surface area contributed by atoms with Crippen LogP contribution < -0.4 is 11.1 Å². The summed E-state index contributed by atoms with van der Waals surface area (Å²) in [4.78, 5) is 27.9. The highest BCUT2D eigenvalue weighted by atomic mass is 19.4. The van der Waals surface area contributed by atoms with Gasteiger partial charge in [-0.25, -0.2) is 9.78 Å². The predicted molar refractivity (Wildman–Crippen MR) is 71.7 cm³/mol. The van der Waals surface area contributed by atoms with E-state index in [1.165, 1.54) is 11.0 Å². The van der Waals surface area contributed by atoms with Crippen LogP contribution >= 0.6 is 0 Å². The number of hydrogen-bond donors (Lipinski definition) is 2. The first-order valence-electron chi connectivity index (χ1n) is 6.67. The van der Waals surface area contributed by atoms with Crippen LogP contribution in [0, 0.1) is 5.92 Å². The first-order valence-corrected chi connectivity index (χ1v) is 6.67. The fraction of sp³-hybridized carbons (Fsp3) is 0.462. The van der Waals surface area contributed by atoms with E-state index in [4.69, 9.17) is 5.73 Å². The molecule has 2 heterocycles. The quantitative estimate of drug-likeness (QED) is 0.872. The molecule has 0 saturated carbocycles. The van der Waals surface area contributed by atoms with Crippen molar-refractivity contribution in [2.75, 3.05) is 18.4 Å². The van der Waals surface area contributed by atoms with Crippen LogP contribution in [0.4, 0.5) is 23.8 Å². The molecule has 1 fully saturated rings. The van der Waals surface area contributed by atoms with Crippen molar-refractivity contribution in [3.63, 3.8) is 0 Å². The second-order valence-electron chi connectivity index (χ2n) is 5.02. The summed E-state index contributed by atoms with van der Waals surface area (Å²) in [5.41, 5.74) is 4.13. The number of likely N-dealkylation sites (tertiary alicyclic amines) is 1. The molecule has 0 radical (unpaired) electrons. The number of carbonyl (C=O) groups excluding carboxylic acids is 2. The van der Waals surface area contributed by atoms with Gasteiger partial charge in [0.15, 0.2) is 0 Å².